The number of rotatable bonds is 5. The topological polar surface area (TPSA) is 51.2 Å². The van der Waals surface area contributed by atoms with Gasteiger partial charge in [0.25, 0.3) is 0 Å². The van der Waals surface area contributed by atoms with E-state index in [1.807, 2.05) is 26.0 Å². The van der Waals surface area contributed by atoms with E-state index in [-0.39, 0.29) is 17.9 Å². The second-order valence-corrected chi connectivity index (χ2v) is 5.02. The van der Waals surface area contributed by atoms with Gasteiger partial charge in [-0.15, -0.1) is 0 Å². The van der Waals surface area contributed by atoms with Gasteiger partial charge in [0.15, 0.2) is 0 Å². The first-order chi connectivity index (χ1) is 8.65. The van der Waals surface area contributed by atoms with Gasteiger partial charge >= 0.3 is 0 Å². The number of carbonyl (C=O) groups is 1. The molecule has 0 saturated heterocycles. The zero-order chi connectivity index (χ0) is 13.0. The molecule has 0 atom stereocenters. The maximum absolute atomic E-state index is 11.7. The Kier molecular flexibility index (Phi) is 4.18. The first-order valence-corrected chi connectivity index (χ1v) is 6.54. The molecule has 0 bridgehead atoms. The van der Waals surface area contributed by atoms with Crippen molar-refractivity contribution >= 4 is 5.91 Å². The van der Waals surface area contributed by atoms with E-state index in [0.717, 1.165) is 18.4 Å². The molecule has 1 aromatic rings. The number of carbonyl (C=O) groups excluding carboxylic acids is 1. The van der Waals surface area contributed by atoms with Crippen LogP contribution in [0, 0.1) is 5.92 Å². The number of nitrogens with one attached hydrogen (secondary N) is 1. The third-order valence-corrected chi connectivity index (χ3v) is 3.10. The molecule has 98 valence electrons. The summed E-state index contributed by atoms with van der Waals surface area (Å²) < 4.78 is 5.46. The van der Waals surface area contributed by atoms with Crippen molar-refractivity contribution in [3.63, 3.8) is 0 Å². The first-order valence-electron chi connectivity index (χ1n) is 6.54. The lowest BCUT2D eigenvalue weighted by atomic mass is 9.85. The molecule has 18 heavy (non-hydrogen) atoms. The van der Waals surface area contributed by atoms with Gasteiger partial charge in [-0.25, -0.2) is 4.98 Å². The predicted molar refractivity (Wildman–Crippen MR) is 69.2 cm³/mol. The maximum Gasteiger partial charge on any atom is 0.223 e. The normalized spacial score (nSPS) is 15.3. The molecule has 1 heterocycles. The fourth-order valence-corrected chi connectivity index (χ4v) is 1.83. The van der Waals surface area contributed by atoms with Crippen LogP contribution in [0.15, 0.2) is 18.3 Å². The highest BCUT2D eigenvalue weighted by molar-refractivity contribution is 5.79. The highest BCUT2D eigenvalue weighted by atomic mass is 16.5. The summed E-state index contributed by atoms with van der Waals surface area (Å²) in [4.78, 5) is 15.9. The Morgan fingerprint density at radius 1 is 1.50 bits per heavy atom. The minimum atomic E-state index is 0.127. The van der Waals surface area contributed by atoms with E-state index in [9.17, 15) is 4.79 Å². The van der Waals surface area contributed by atoms with E-state index < -0.39 is 0 Å². The van der Waals surface area contributed by atoms with Crippen molar-refractivity contribution in [2.45, 2.75) is 45.8 Å². The summed E-state index contributed by atoms with van der Waals surface area (Å²) in [5, 5.41) is 2.94. The molecule has 1 amide bonds. The zero-order valence-corrected chi connectivity index (χ0v) is 11.0. The van der Waals surface area contributed by atoms with Crippen LogP contribution in [0.1, 0.15) is 38.7 Å². The van der Waals surface area contributed by atoms with Crippen LogP contribution in [0.4, 0.5) is 0 Å². The molecule has 0 aromatic carbocycles. The van der Waals surface area contributed by atoms with Gasteiger partial charge in [0, 0.05) is 24.7 Å². The van der Waals surface area contributed by atoms with Crippen molar-refractivity contribution in [3.8, 4) is 5.88 Å². The largest absolute Gasteiger partial charge is 0.475 e. The number of hydrogen-bond acceptors (Lipinski definition) is 3. The van der Waals surface area contributed by atoms with Crippen molar-refractivity contribution in [2.75, 3.05) is 0 Å². The van der Waals surface area contributed by atoms with Crippen molar-refractivity contribution < 1.29 is 9.53 Å². The monoisotopic (exact) mass is 248 g/mol. The molecule has 1 aliphatic carbocycles. The quantitative estimate of drug-likeness (QED) is 0.869. The van der Waals surface area contributed by atoms with E-state index >= 15 is 0 Å². The van der Waals surface area contributed by atoms with Crippen LogP contribution in [0.25, 0.3) is 0 Å². The summed E-state index contributed by atoms with van der Waals surface area (Å²) in [7, 11) is 0. The zero-order valence-electron chi connectivity index (χ0n) is 11.0. The SMILES string of the molecule is CC(C)Oc1ccc(CNC(=O)C2CCC2)cn1. The minimum absolute atomic E-state index is 0.127. The van der Waals surface area contributed by atoms with Gasteiger partial charge < -0.3 is 10.1 Å². The van der Waals surface area contributed by atoms with Crippen LogP contribution in [-0.4, -0.2) is 17.0 Å². The molecule has 1 aromatic heterocycles. The molecular formula is C14H20N2O2. The number of nitrogens with zero attached hydrogens (tertiary/aromatic N) is 1. The fourth-order valence-electron chi connectivity index (χ4n) is 1.83. The number of ether oxygens (including phenoxy) is 1. The average molecular weight is 248 g/mol. The van der Waals surface area contributed by atoms with E-state index in [0.29, 0.717) is 12.4 Å². The van der Waals surface area contributed by atoms with Crippen LogP contribution in [0.2, 0.25) is 0 Å². The van der Waals surface area contributed by atoms with Crippen molar-refractivity contribution in [1.29, 1.82) is 0 Å². The first kappa shape index (κ1) is 12.9. The summed E-state index contributed by atoms with van der Waals surface area (Å²) in [5.74, 6) is 1.03. The molecule has 0 aliphatic heterocycles. The van der Waals surface area contributed by atoms with Gasteiger partial charge in [-0.1, -0.05) is 12.5 Å². The lowest BCUT2D eigenvalue weighted by Gasteiger charge is -2.24. The second-order valence-electron chi connectivity index (χ2n) is 5.02. The standard InChI is InChI=1S/C14H20N2O2/c1-10(2)18-13-7-6-11(8-15-13)9-16-14(17)12-4-3-5-12/h6-8,10,12H,3-5,9H2,1-2H3,(H,16,17). The van der Waals surface area contributed by atoms with Crippen LogP contribution in [0.3, 0.4) is 0 Å². The molecule has 0 radical (unpaired) electrons. The smallest absolute Gasteiger partial charge is 0.223 e. The highest BCUT2D eigenvalue weighted by Gasteiger charge is 2.24. The summed E-state index contributed by atoms with van der Waals surface area (Å²) in [6.45, 7) is 4.48. The van der Waals surface area contributed by atoms with E-state index in [2.05, 4.69) is 10.3 Å². The van der Waals surface area contributed by atoms with E-state index in [1.165, 1.54) is 6.42 Å². The van der Waals surface area contributed by atoms with Crippen LogP contribution >= 0.6 is 0 Å². The molecule has 4 nitrogen and oxygen atoms in total. The number of hydrogen-bond donors (Lipinski definition) is 1. The van der Waals surface area contributed by atoms with E-state index in [1.54, 1.807) is 6.20 Å². The van der Waals surface area contributed by atoms with Gasteiger partial charge in [-0.2, -0.15) is 0 Å². The number of pyridine rings is 1. The van der Waals surface area contributed by atoms with Gasteiger partial charge in [0.2, 0.25) is 11.8 Å². The Morgan fingerprint density at radius 2 is 2.28 bits per heavy atom. The molecule has 2 rings (SSSR count). The van der Waals surface area contributed by atoms with Crippen LogP contribution < -0.4 is 10.1 Å². The molecule has 1 fully saturated rings. The Balaban J connectivity index is 1.80. The minimum Gasteiger partial charge on any atom is -0.475 e. The average Bonchev–Trinajstić information content (AvgIpc) is 2.25. The Bertz CT molecular complexity index is 397. The predicted octanol–water partition coefficient (Wildman–Crippen LogP) is 2.29. The second kappa shape index (κ2) is 5.85. The van der Waals surface area contributed by atoms with Gasteiger partial charge in [-0.3, -0.25) is 4.79 Å². The summed E-state index contributed by atoms with van der Waals surface area (Å²) in [6, 6.07) is 3.77. The third-order valence-electron chi connectivity index (χ3n) is 3.10. The molecule has 0 unspecified atom stereocenters. The van der Waals surface area contributed by atoms with Gasteiger partial charge in [-0.05, 0) is 32.3 Å². The molecule has 4 heteroatoms. The fraction of sp³-hybridized carbons (Fsp3) is 0.571. The lowest BCUT2D eigenvalue weighted by molar-refractivity contribution is -0.127. The van der Waals surface area contributed by atoms with Crippen LogP contribution in [-0.2, 0) is 11.3 Å². The summed E-state index contributed by atoms with van der Waals surface area (Å²) in [6.07, 6.45) is 5.12. The Morgan fingerprint density at radius 3 is 2.78 bits per heavy atom. The Hall–Kier alpha value is -1.58. The third kappa shape index (κ3) is 3.45. The summed E-state index contributed by atoms with van der Waals surface area (Å²) in [5.41, 5.74) is 0.999. The molecular weight excluding hydrogens is 228 g/mol. The molecule has 1 saturated carbocycles. The van der Waals surface area contributed by atoms with Crippen molar-refractivity contribution in [1.82, 2.24) is 10.3 Å². The molecule has 1 N–H and O–H groups in total. The van der Waals surface area contributed by atoms with Crippen molar-refractivity contribution in [2.24, 2.45) is 5.92 Å². The molecule has 0 spiro atoms. The maximum atomic E-state index is 11.7. The summed E-state index contributed by atoms with van der Waals surface area (Å²) >= 11 is 0. The highest BCUT2D eigenvalue weighted by Crippen LogP contribution is 2.26. The van der Waals surface area contributed by atoms with Crippen LogP contribution in [0.5, 0.6) is 5.88 Å². The van der Waals surface area contributed by atoms with E-state index in [4.69, 9.17) is 4.74 Å². The number of aromatic nitrogens is 1. The lowest BCUT2D eigenvalue weighted by Crippen LogP contribution is -2.33. The van der Waals surface area contributed by atoms with Gasteiger partial charge in [0.05, 0.1) is 6.10 Å². The van der Waals surface area contributed by atoms with Crippen molar-refractivity contribution in [3.05, 3.63) is 23.9 Å². The Labute approximate surface area is 108 Å². The molecule has 1 aliphatic rings. The number of amides is 1. The van der Waals surface area contributed by atoms with Gasteiger partial charge in [0.1, 0.15) is 0 Å².